The Bertz CT molecular complexity index is 833. The first-order chi connectivity index (χ1) is 14.1. The maximum absolute atomic E-state index is 12.4. The maximum Gasteiger partial charge on any atom is 0.341 e. The largest absolute Gasteiger partial charge is 0.462 e. The molecular weight excluding hydrogens is 364 g/mol. The van der Waals surface area contributed by atoms with E-state index >= 15 is 0 Å². The minimum Gasteiger partial charge on any atom is -0.462 e. The smallest absolute Gasteiger partial charge is 0.341 e. The van der Waals surface area contributed by atoms with Crippen molar-refractivity contribution in [2.24, 2.45) is 5.92 Å². The van der Waals surface area contributed by atoms with Gasteiger partial charge in [0.2, 0.25) is 0 Å². The summed E-state index contributed by atoms with van der Waals surface area (Å²) >= 11 is 0. The van der Waals surface area contributed by atoms with Crippen LogP contribution in [-0.2, 0) is 14.3 Å². The van der Waals surface area contributed by atoms with E-state index in [4.69, 9.17) is 4.74 Å². The van der Waals surface area contributed by atoms with Crippen LogP contribution in [0, 0.1) is 5.92 Å². The average molecular weight is 395 g/mol. The van der Waals surface area contributed by atoms with Crippen LogP contribution in [0.1, 0.15) is 64.0 Å². The van der Waals surface area contributed by atoms with E-state index in [-0.39, 0.29) is 11.4 Å². The molecule has 1 aromatic carbocycles. The molecule has 1 aliphatic carbocycles. The second kappa shape index (κ2) is 10.7. The van der Waals surface area contributed by atoms with Crippen molar-refractivity contribution < 1.29 is 14.3 Å². The molecule has 1 N–H and O–H groups in total. The van der Waals surface area contributed by atoms with Gasteiger partial charge in [0, 0.05) is 5.56 Å². The van der Waals surface area contributed by atoms with Gasteiger partial charge in [0.25, 0.3) is 0 Å². The molecule has 1 fully saturated rings. The van der Waals surface area contributed by atoms with E-state index in [0.29, 0.717) is 18.1 Å². The molecule has 2 aromatic rings. The van der Waals surface area contributed by atoms with Crippen LogP contribution in [0.5, 0.6) is 0 Å². The Kier molecular flexibility index (Phi) is 7.79. The number of carbonyl (C=O) groups excluding carboxylic acids is 2. The number of H-pyrrole nitrogens is 1. The number of Topliss-reactive ketones (excluding diaryl/α,β-unsaturated/α-hetero) is 1. The Balaban J connectivity index is 1.51. The van der Waals surface area contributed by atoms with Crippen molar-refractivity contribution in [2.75, 3.05) is 6.61 Å². The van der Waals surface area contributed by atoms with Crippen LogP contribution in [0.25, 0.3) is 17.5 Å². The number of nitrogens with zero attached hydrogens (tertiary/aromatic N) is 1. The van der Waals surface area contributed by atoms with Crippen LogP contribution in [0.2, 0.25) is 0 Å². The van der Waals surface area contributed by atoms with Crippen molar-refractivity contribution in [3.05, 3.63) is 47.8 Å². The lowest BCUT2D eigenvalue weighted by atomic mass is 9.86. The van der Waals surface area contributed by atoms with E-state index < -0.39 is 5.97 Å². The van der Waals surface area contributed by atoms with Gasteiger partial charge < -0.3 is 9.72 Å². The maximum atomic E-state index is 12.4. The predicted octanol–water partition coefficient (Wildman–Crippen LogP) is 5.34. The number of ether oxygens (including phenoxy) is 1. The van der Waals surface area contributed by atoms with Crippen LogP contribution in [0.3, 0.4) is 0 Å². The Morgan fingerprint density at radius 2 is 1.90 bits per heavy atom. The van der Waals surface area contributed by atoms with Gasteiger partial charge in [0.1, 0.15) is 11.4 Å². The molecule has 0 spiro atoms. The minimum atomic E-state index is -0.564. The van der Waals surface area contributed by atoms with E-state index in [2.05, 4.69) is 9.97 Å². The monoisotopic (exact) mass is 394 g/mol. The number of imidazole rings is 1. The van der Waals surface area contributed by atoms with Crippen LogP contribution in [0.4, 0.5) is 0 Å². The molecule has 0 unspecified atom stereocenters. The molecule has 0 saturated heterocycles. The molecule has 5 heteroatoms. The number of nitrogens with one attached hydrogen (secondary N) is 1. The van der Waals surface area contributed by atoms with Gasteiger partial charge in [-0.1, -0.05) is 68.9 Å². The first-order valence-corrected chi connectivity index (χ1v) is 10.6. The number of ketones is 1. The summed E-state index contributed by atoms with van der Waals surface area (Å²) in [6.45, 7) is 1.74. The van der Waals surface area contributed by atoms with Crippen molar-refractivity contribution in [2.45, 2.75) is 58.3 Å². The third-order valence-corrected chi connectivity index (χ3v) is 5.51. The summed E-state index contributed by atoms with van der Waals surface area (Å²) < 4.78 is 5.36. The molecule has 1 aromatic heterocycles. The summed E-state index contributed by atoms with van der Waals surface area (Å²) in [5.41, 5.74) is 1.58. The topological polar surface area (TPSA) is 72.0 Å². The van der Waals surface area contributed by atoms with Gasteiger partial charge in [-0.25, -0.2) is 9.78 Å². The number of unbranched alkanes of at least 4 members (excludes halogenated alkanes) is 1. The number of benzene rings is 1. The Hall–Kier alpha value is -2.69. The van der Waals surface area contributed by atoms with Crippen LogP contribution >= 0.6 is 0 Å². The van der Waals surface area contributed by atoms with Crippen molar-refractivity contribution in [3.8, 4) is 11.4 Å². The van der Waals surface area contributed by atoms with E-state index in [0.717, 1.165) is 24.3 Å². The van der Waals surface area contributed by atoms with Crippen LogP contribution < -0.4 is 0 Å². The zero-order valence-corrected chi connectivity index (χ0v) is 17.2. The lowest BCUT2D eigenvalue weighted by Gasteiger charge is -2.21. The van der Waals surface area contributed by atoms with Gasteiger partial charge in [-0.05, 0) is 31.8 Å². The zero-order valence-electron chi connectivity index (χ0n) is 17.2. The van der Waals surface area contributed by atoms with Gasteiger partial charge >= 0.3 is 5.97 Å². The molecule has 0 amide bonds. The molecule has 1 aliphatic rings. The molecule has 154 valence electrons. The molecule has 29 heavy (non-hydrogen) atoms. The van der Waals surface area contributed by atoms with Gasteiger partial charge in [0.05, 0.1) is 18.5 Å². The SMILES string of the molecule is CC(=O)/C(=C/c1cnc(-c2ccccc2)[nH]1)C(=O)OCCCCC1CCCCC1. The van der Waals surface area contributed by atoms with Gasteiger partial charge in [-0.2, -0.15) is 0 Å². The van der Waals surface area contributed by atoms with Crippen molar-refractivity contribution in [1.82, 2.24) is 9.97 Å². The fourth-order valence-electron chi connectivity index (χ4n) is 3.86. The second-order valence-corrected chi connectivity index (χ2v) is 7.80. The van der Waals surface area contributed by atoms with Gasteiger partial charge in [-0.15, -0.1) is 0 Å². The predicted molar refractivity (Wildman–Crippen MR) is 114 cm³/mol. The number of rotatable bonds is 9. The summed E-state index contributed by atoms with van der Waals surface area (Å²) in [5.74, 6) is 0.654. The molecule has 5 nitrogen and oxygen atoms in total. The first-order valence-electron chi connectivity index (χ1n) is 10.6. The highest BCUT2D eigenvalue weighted by Gasteiger charge is 2.17. The zero-order chi connectivity index (χ0) is 20.5. The standard InChI is InChI=1S/C24H30N2O3/c1-18(27)22(16-21-17-25-23(26-21)20-13-6-3-7-14-20)24(28)29-15-9-8-12-19-10-4-2-5-11-19/h3,6-7,13-14,16-17,19H,2,4-5,8-12,15H2,1H3,(H,25,26)/b22-16-. The minimum absolute atomic E-state index is 0.0422. The summed E-state index contributed by atoms with van der Waals surface area (Å²) in [5, 5.41) is 0. The van der Waals surface area contributed by atoms with Crippen molar-refractivity contribution >= 4 is 17.8 Å². The molecule has 0 atom stereocenters. The van der Waals surface area contributed by atoms with Gasteiger partial charge in [-0.3, -0.25) is 4.79 Å². The van der Waals surface area contributed by atoms with E-state index in [1.54, 1.807) is 6.20 Å². The molecule has 0 bridgehead atoms. The highest BCUT2D eigenvalue weighted by atomic mass is 16.5. The number of aromatic amines is 1. The third kappa shape index (κ3) is 6.41. The molecule has 1 heterocycles. The number of hydrogen-bond donors (Lipinski definition) is 1. The Morgan fingerprint density at radius 3 is 2.62 bits per heavy atom. The lowest BCUT2D eigenvalue weighted by molar-refractivity contribution is -0.140. The van der Waals surface area contributed by atoms with Crippen molar-refractivity contribution in [1.29, 1.82) is 0 Å². The number of esters is 1. The summed E-state index contributed by atoms with van der Waals surface area (Å²) in [6, 6.07) is 9.69. The highest BCUT2D eigenvalue weighted by Crippen LogP contribution is 2.27. The van der Waals surface area contributed by atoms with E-state index in [1.165, 1.54) is 51.5 Å². The average Bonchev–Trinajstić information content (AvgIpc) is 3.21. The fourth-order valence-corrected chi connectivity index (χ4v) is 3.86. The Labute approximate surface area is 172 Å². The second-order valence-electron chi connectivity index (χ2n) is 7.80. The summed E-state index contributed by atoms with van der Waals surface area (Å²) in [7, 11) is 0. The van der Waals surface area contributed by atoms with Crippen LogP contribution in [-0.4, -0.2) is 28.3 Å². The van der Waals surface area contributed by atoms with E-state index in [9.17, 15) is 9.59 Å². The highest BCUT2D eigenvalue weighted by molar-refractivity contribution is 6.19. The number of hydrogen-bond acceptors (Lipinski definition) is 4. The molecule has 1 saturated carbocycles. The summed E-state index contributed by atoms with van der Waals surface area (Å²) in [4.78, 5) is 31.8. The number of carbonyl (C=O) groups is 2. The molecule has 0 aliphatic heterocycles. The van der Waals surface area contributed by atoms with Gasteiger partial charge in [0.15, 0.2) is 5.78 Å². The molecular formula is C24H30N2O3. The van der Waals surface area contributed by atoms with Crippen LogP contribution in [0.15, 0.2) is 42.1 Å². The van der Waals surface area contributed by atoms with E-state index in [1.807, 2.05) is 30.3 Å². The molecule has 0 radical (unpaired) electrons. The lowest BCUT2D eigenvalue weighted by Crippen LogP contribution is -2.14. The third-order valence-electron chi connectivity index (χ3n) is 5.51. The quantitative estimate of drug-likeness (QED) is 0.205. The normalized spacial score (nSPS) is 15.3. The Morgan fingerprint density at radius 1 is 1.14 bits per heavy atom. The van der Waals surface area contributed by atoms with Crippen molar-refractivity contribution in [3.63, 3.8) is 0 Å². The fraction of sp³-hybridized carbons (Fsp3) is 0.458. The number of aromatic nitrogens is 2. The molecule has 3 rings (SSSR count). The summed E-state index contributed by atoms with van der Waals surface area (Å²) in [6.07, 6.45) is 13.0. The first kappa shape index (κ1) is 21.0.